The highest BCUT2D eigenvalue weighted by atomic mass is 16.4. The molecule has 0 amide bonds. The number of aliphatic hydroxyl groups excluding tert-OH is 1. The summed E-state index contributed by atoms with van der Waals surface area (Å²) in [6.07, 6.45) is 0. The van der Waals surface area contributed by atoms with E-state index in [-0.39, 0.29) is 6.54 Å². The minimum Gasteiger partial charge on any atom is -0.480 e. The fraction of sp³-hybridized carbons (Fsp3) is 0.667. The maximum absolute atomic E-state index is 9.65. The van der Waals surface area contributed by atoms with E-state index in [1.807, 2.05) is 0 Å². The molecule has 0 bridgehead atoms. The van der Waals surface area contributed by atoms with Crippen LogP contribution in [0.2, 0.25) is 0 Å². The number of carboxylic acid groups (broad SMARTS) is 2. The van der Waals surface area contributed by atoms with E-state index in [2.05, 4.69) is 5.32 Å². The van der Waals surface area contributed by atoms with Gasteiger partial charge >= 0.3 is 11.9 Å². The Kier molecular flexibility index (Phi) is 9.84. The third-order valence-corrected chi connectivity index (χ3v) is 0.842. The van der Waals surface area contributed by atoms with Gasteiger partial charge in [-0.15, -0.1) is 0 Å². The number of likely N-dealkylation sites (N-methyl/N-ethyl adjacent to an activating group) is 1. The first-order valence-electron chi connectivity index (χ1n) is 3.41. The van der Waals surface area contributed by atoms with Crippen molar-refractivity contribution in [2.75, 3.05) is 20.2 Å². The average Bonchev–Trinajstić information content (AvgIpc) is 2.03. The molecular formula is C6H14N2O5. The van der Waals surface area contributed by atoms with E-state index in [4.69, 9.17) is 21.1 Å². The Bertz CT molecular complexity index is 161. The Morgan fingerprint density at radius 3 is 1.92 bits per heavy atom. The lowest BCUT2D eigenvalue weighted by atomic mass is 10.3. The Balaban J connectivity index is 0. The zero-order chi connectivity index (χ0) is 10.9. The van der Waals surface area contributed by atoms with Crippen LogP contribution in [-0.2, 0) is 9.59 Å². The zero-order valence-corrected chi connectivity index (χ0v) is 7.23. The zero-order valence-electron chi connectivity index (χ0n) is 7.23. The molecule has 0 unspecified atom stereocenters. The van der Waals surface area contributed by atoms with Crippen molar-refractivity contribution in [1.29, 1.82) is 0 Å². The highest BCUT2D eigenvalue weighted by Gasteiger charge is 2.06. The predicted molar refractivity (Wildman–Crippen MR) is 44.3 cm³/mol. The van der Waals surface area contributed by atoms with E-state index < -0.39 is 24.6 Å². The van der Waals surface area contributed by atoms with Crippen molar-refractivity contribution in [3.63, 3.8) is 0 Å². The van der Waals surface area contributed by atoms with Gasteiger partial charge in [-0.05, 0) is 7.05 Å². The van der Waals surface area contributed by atoms with E-state index in [9.17, 15) is 9.59 Å². The summed E-state index contributed by atoms with van der Waals surface area (Å²) < 4.78 is 0. The molecule has 0 spiro atoms. The summed E-state index contributed by atoms with van der Waals surface area (Å²) in [5.41, 5.74) is 4.77. The van der Waals surface area contributed by atoms with Crippen LogP contribution in [0.3, 0.4) is 0 Å². The van der Waals surface area contributed by atoms with E-state index in [0.717, 1.165) is 0 Å². The third kappa shape index (κ3) is 13.8. The second-order valence-electron chi connectivity index (χ2n) is 2.05. The van der Waals surface area contributed by atoms with Gasteiger partial charge in [0, 0.05) is 0 Å². The first-order valence-corrected chi connectivity index (χ1v) is 3.41. The van der Waals surface area contributed by atoms with Gasteiger partial charge in [-0.1, -0.05) is 0 Å². The second-order valence-corrected chi connectivity index (χ2v) is 2.05. The summed E-state index contributed by atoms with van der Waals surface area (Å²) in [6.45, 7) is -0.463. The number of carboxylic acids is 2. The van der Waals surface area contributed by atoms with Crippen LogP contribution < -0.4 is 11.1 Å². The van der Waals surface area contributed by atoms with E-state index in [1.54, 1.807) is 7.05 Å². The van der Waals surface area contributed by atoms with Crippen molar-refractivity contribution < 1.29 is 24.9 Å². The molecule has 0 heterocycles. The Morgan fingerprint density at radius 2 is 1.92 bits per heavy atom. The van der Waals surface area contributed by atoms with Crippen LogP contribution in [0.1, 0.15) is 0 Å². The number of aliphatic carboxylic acids is 2. The van der Waals surface area contributed by atoms with Crippen molar-refractivity contribution in [3.8, 4) is 0 Å². The van der Waals surface area contributed by atoms with Crippen molar-refractivity contribution >= 4 is 11.9 Å². The number of hydrogen-bond donors (Lipinski definition) is 5. The van der Waals surface area contributed by atoms with Gasteiger partial charge < -0.3 is 26.4 Å². The van der Waals surface area contributed by atoms with E-state index in [1.165, 1.54) is 0 Å². The quantitative estimate of drug-likeness (QED) is 0.339. The van der Waals surface area contributed by atoms with Crippen molar-refractivity contribution in [1.82, 2.24) is 5.32 Å². The van der Waals surface area contributed by atoms with Crippen LogP contribution in [-0.4, -0.2) is 53.5 Å². The van der Waals surface area contributed by atoms with Gasteiger partial charge in [-0.25, -0.2) is 0 Å². The SMILES string of the molecule is CNCC(=O)O.N[C@@H](CO)C(=O)O. The summed E-state index contributed by atoms with van der Waals surface area (Å²) >= 11 is 0. The molecule has 13 heavy (non-hydrogen) atoms. The highest BCUT2D eigenvalue weighted by molar-refractivity contribution is 5.73. The lowest BCUT2D eigenvalue weighted by molar-refractivity contribution is -0.139. The largest absolute Gasteiger partial charge is 0.480 e. The predicted octanol–water partition coefficient (Wildman–Crippen LogP) is -2.32. The maximum Gasteiger partial charge on any atom is 0.322 e. The third-order valence-electron chi connectivity index (χ3n) is 0.842. The molecule has 0 aromatic heterocycles. The summed E-state index contributed by atoms with van der Waals surface area (Å²) in [6, 6.07) is -1.13. The molecule has 0 saturated heterocycles. The van der Waals surface area contributed by atoms with Gasteiger partial charge in [0.05, 0.1) is 13.2 Å². The number of carbonyl (C=O) groups is 2. The van der Waals surface area contributed by atoms with Crippen LogP contribution in [0, 0.1) is 0 Å². The molecule has 6 N–H and O–H groups in total. The highest BCUT2D eigenvalue weighted by Crippen LogP contribution is 1.71. The molecule has 1 atom stereocenters. The first kappa shape index (κ1) is 14.3. The van der Waals surface area contributed by atoms with Crippen molar-refractivity contribution in [2.24, 2.45) is 5.73 Å². The Labute approximate surface area is 75.2 Å². The molecule has 0 fully saturated rings. The van der Waals surface area contributed by atoms with Gasteiger partial charge in [-0.2, -0.15) is 0 Å². The number of rotatable bonds is 4. The first-order chi connectivity index (χ1) is 5.95. The van der Waals surface area contributed by atoms with Gasteiger partial charge in [0.1, 0.15) is 6.04 Å². The van der Waals surface area contributed by atoms with Gasteiger partial charge in [0.2, 0.25) is 0 Å². The summed E-state index contributed by atoms with van der Waals surface area (Å²) in [4.78, 5) is 19.2. The molecule has 7 heteroatoms. The van der Waals surface area contributed by atoms with Gasteiger partial charge in [-0.3, -0.25) is 9.59 Å². The van der Waals surface area contributed by atoms with Crippen molar-refractivity contribution in [2.45, 2.75) is 6.04 Å². The van der Waals surface area contributed by atoms with Crippen LogP contribution in [0.5, 0.6) is 0 Å². The molecule has 0 aromatic rings. The average molecular weight is 194 g/mol. The standard InChI is InChI=1S/C3H7NO3.C3H7NO2/c4-2(1-5)3(6)7;1-4-2-3(5)6/h2,5H,1,4H2,(H,6,7);4H,2H2,1H3,(H,5,6)/t2-;/m0./s1. The summed E-state index contributed by atoms with van der Waals surface area (Å²) in [5.74, 6) is -2.00. The number of aliphatic hydroxyl groups is 1. The van der Waals surface area contributed by atoms with E-state index in [0.29, 0.717) is 0 Å². The smallest absolute Gasteiger partial charge is 0.322 e. The molecule has 0 aliphatic heterocycles. The van der Waals surface area contributed by atoms with Crippen LogP contribution in [0.4, 0.5) is 0 Å². The molecule has 0 radical (unpaired) electrons. The Morgan fingerprint density at radius 1 is 1.46 bits per heavy atom. The normalized spacial score (nSPS) is 11.0. The maximum atomic E-state index is 9.65. The van der Waals surface area contributed by atoms with E-state index >= 15 is 0 Å². The molecule has 0 aliphatic carbocycles. The lowest BCUT2D eigenvalue weighted by Crippen LogP contribution is -2.33. The Hall–Kier alpha value is -1.18. The molecule has 0 saturated carbocycles. The van der Waals surface area contributed by atoms with Crippen LogP contribution >= 0.6 is 0 Å². The van der Waals surface area contributed by atoms with Crippen molar-refractivity contribution in [3.05, 3.63) is 0 Å². The molecule has 0 rings (SSSR count). The minimum atomic E-state index is -1.18. The fourth-order valence-corrected chi connectivity index (χ4v) is 0.229. The van der Waals surface area contributed by atoms with Gasteiger partial charge in [0.25, 0.3) is 0 Å². The van der Waals surface area contributed by atoms with Gasteiger partial charge in [0.15, 0.2) is 0 Å². The van der Waals surface area contributed by atoms with Crippen LogP contribution in [0.15, 0.2) is 0 Å². The summed E-state index contributed by atoms with van der Waals surface area (Å²) in [7, 11) is 1.59. The molecule has 0 aliphatic rings. The topological polar surface area (TPSA) is 133 Å². The molecule has 0 aromatic carbocycles. The molecular weight excluding hydrogens is 180 g/mol. The van der Waals surface area contributed by atoms with Crippen LogP contribution in [0.25, 0.3) is 0 Å². The summed E-state index contributed by atoms with van der Waals surface area (Å²) in [5, 5.41) is 26.2. The number of nitrogens with one attached hydrogen (secondary N) is 1. The monoisotopic (exact) mass is 194 g/mol. The number of hydrogen-bond acceptors (Lipinski definition) is 5. The second kappa shape index (κ2) is 8.91. The lowest BCUT2D eigenvalue weighted by Gasteiger charge is -1.96. The fourth-order valence-electron chi connectivity index (χ4n) is 0.229. The molecule has 78 valence electrons. The molecule has 7 nitrogen and oxygen atoms in total. The number of nitrogens with two attached hydrogens (primary N) is 1. The minimum absolute atomic E-state index is 0.0417.